The van der Waals surface area contributed by atoms with E-state index in [2.05, 4.69) is 36.3 Å². The summed E-state index contributed by atoms with van der Waals surface area (Å²) in [6.07, 6.45) is 2.33. The van der Waals surface area contributed by atoms with Gasteiger partial charge in [-0.2, -0.15) is 11.8 Å². The van der Waals surface area contributed by atoms with Gasteiger partial charge in [-0.15, -0.1) is 0 Å². The number of thioether (sulfide) groups is 1. The Morgan fingerprint density at radius 1 is 1.44 bits per heavy atom. The third-order valence-corrected chi connectivity index (χ3v) is 4.70. The van der Waals surface area contributed by atoms with Crippen molar-refractivity contribution in [1.82, 2.24) is 15.5 Å². The third kappa shape index (κ3) is 5.48. The maximum atomic E-state index is 11.8. The standard InChI is InChI=1S/C13H27N3OS/c1-4-16(5-2)11(3)9-14-13(17)15-12-7-6-8-18-10-12/h11-12H,4-10H2,1-3H3,(H2,14,15,17)/t11-,12-/m1/s1. The number of rotatable bonds is 6. The molecule has 0 saturated carbocycles. The Hall–Kier alpha value is -0.420. The molecule has 5 heteroatoms. The second kappa shape index (κ2) is 8.64. The first kappa shape index (κ1) is 15.6. The molecule has 1 aliphatic rings. The zero-order valence-corrected chi connectivity index (χ0v) is 12.7. The second-order valence-corrected chi connectivity index (χ2v) is 5.99. The van der Waals surface area contributed by atoms with Crippen LogP contribution in [0.5, 0.6) is 0 Å². The highest BCUT2D eigenvalue weighted by atomic mass is 32.2. The summed E-state index contributed by atoms with van der Waals surface area (Å²) in [5.41, 5.74) is 0. The molecule has 106 valence electrons. The number of nitrogens with one attached hydrogen (secondary N) is 2. The van der Waals surface area contributed by atoms with Crippen LogP contribution in [-0.4, -0.2) is 54.2 Å². The van der Waals surface area contributed by atoms with Gasteiger partial charge >= 0.3 is 6.03 Å². The molecule has 0 aromatic rings. The van der Waals surface area contributed by atoms with Crippen molar-refractivity contribution in [3.05, 3.63) is 0 Å². The van der Waals surface area contributed by atoms with E-state index < -0.39 is 0 Å². The van der Waals surface area contributed by atoms with Crippen molar-refractivity contribution in [2.24, 2.45) is 0 Å². The van der Waals surface area contributed by atoms with Crippen LogP contribution in [0.2, 0.25) is 0 Å². The Labute approximate surface area is 115 Å². The summed E-state index contributed by atoms with van der Waals surface area (Å²) < 4.78 is 0. The molecule has 0 unspecified atom stereocenters. The van der Waals surface area contributed by atoms with Gasteiger partial charge in [0, 0.05) is 24.4 Å². The molecule has 2 atom stereocenters. The van der Waals surface area contributed by atoms with Crippen LogP contribution in [0.3, 0.4) is 0 Å². The Bertz CT molecular complexity index is 240. The average molecular weight is 273 g/mol. The highest BCUT2D eigenvalue weighted by Crippen LogP contribution is 2.16. The zero-order chi connectivity index (χ0) is 13.4. The topological polar surface area (TPSA) is 44.4 Å². The van der Waals surface area contributed by atoms with Gasteiger partial charge in [-0.25, -0.2) is 4.79 Å². The van der Waals surface area contributed by atoms with Crippen LogP contribution in [0.25, 0.3) is 0 Å². The molecule has 2 N–H and O–H groups in total. The number of nitrogens with zero attached hydrogens (tertiary/aromatic N) is 1. The normalized spacial score (nSPS) is 21.7. The number of carbonyl (C=O) groups is 1. The average Bonchev–Trinajstić information content (AvgIpc) is 2.39. The van der Waals surface area contributed by atoms with Gasteiger partial charge in [-0.05, 0) is 38.6 Å². The molecule has 2 amide bonds. The molecule has 0 bridgehead atoms. The number of hydrogen-bond donors (Lipinski definition) is 2. The van der Waals surface area contributed by atoms with E-state index in [0.29, 0.717) is 18.6 Å². The largest absolute Gasteiger partial charge is 0.337 e. The van der Waals surface area contributed by atoms with E-state index in [1.54, 1.807) is 0 Å². The van der Waals surface area contributed by atoms with Gasteiger partial charge in [-0.1, -0.05) is 13.8 Å². The maximum Gasteiger partial charge on any atom is 0.315 e. The van der Waals surface area contributed by atoms with E-state index in [4.69, 9.17) is 0 Å². The predicted molar refractivity (Wildman–Crippen MR) is 79.3 cm³/mol. The molecule has 0 spiro atoms. The fourth-order valence-corrected chi connectivity index (χ4v) is 3.38. The molecular weight excluding hydrogens is 246 g/mol. The van der Waals surface area contributed by atoms with Crippen LogP contribution in [0.1, 0.15) is 33.6 Å². The van der Waals surface area contributed by atoms with Crippen molar-refractivity contribution in [3.63, 3.8) is 0 Å². The van der Waals surface area contributed by atoms with Crippen LogP contribution in [0, 0.1) is 0 Å². The summed E-state index contributed by atoms with van der Waals surface area (Å²) in [4.78, 5) is 14.1. The molecule has 1 saturated heterocycles. The number of hydrogen-bond acceptors (Lipinski definition) is 3. The Balaban J connectivity index is 2.19. The fourth-order valence-electron chi connectivity index (χ4n) is 2.31. The van der Waals surface area contributed by atoms with Gasteiger partial charge < -0.3 is 10.6 Å². The van der Waals surface area contributed by atoms with Crippen molar-refractivity contribution >= 4 is 17.8 Å². The summed E-state index contributed by atoms with van der Waals surface area (Å²) in [6, 6.07) is 0.737. The van der Waals surface area contributed by atoms with E-state index in [0.717, 1.165) is 25.3 Å². The lowest BCUT2D eigenvalue weighted by Crippen LogP contribution is -2.48. The SMILES string of the molecule is CCN(CC)[C@H](C)CNC(=O)N[C@@H]1CCCSC1. The molecule has 0 aromatic heterocycles. The summed E-state index contributed by atoms with van der Waals surface area (Å²) in [5.74, 6) is 2.29. The highest BCUT2D eigenvalue weighted by Gasteiger charge is 2.16. The van der Waals surface area contributed by atoms with Crippen molar-refractivity contribution in [2.75, 3.05) is 31.1 Å². The quantitative estimate of drug-likeness (QED) is 0.777. The predicted octanol–water partition coefficient (Wildman–Crippen LogP) is 1.91. The lowest BCUT2D eigenvalue weighted by atomic mass is 10.2. The van der Waals surface area contributed by atoms with Gasteiger partial charge in [0.15, 0.2) is 0 Å². The van der Waals surface area contributed by atoms with Gasteiger partial charge in [0.2, 0.25) is 0 Å². The van der Waals surface area contributed by atoms with Crippen molar-refractivity contribution in [1.29, 1.82) is 0 Å². The van der Waals surface area contributed by atoms with Crippen LogP contribution >= 0.6 is 11.8 Å². The first-order valence-electron chi connectivity index (χ1n) is 7.03. The number of carbonyl (C=O) groups excluding carboxylic acids is 1. The molecular formula is C13H27N3OS. The van der Waals surface area contributed by atoms with Crippen molar-refractivity contribution < 1.29 is 4.79 Å². The zero-order valence-electron chi connectivity index (χ0n) is 11.9. The summed E-state index contributed by atoms with van der Waals surface area (Å²) in [7, 11) is 0. The van der Waals surface area contributed by atoms with E-state index in [1.807, 2.05) is 11.8 Å². The third-order valence-electron chi connectivity index (χ3n) is 3.49. The lowest BCUT2D eigenvalue weighted by molar-refractivity contribution is 0.213. The van der Waals surface area contributed by atoms with E-state index >= 15 is 0 Å². The summed E-state index contributed by atoms with van der Waals surface area (Å²) >= 11 is 1.93. The Morgan fingerprint density at radius 3 is 2.72 bits per heavy atom. The number of likely N-dealkylation sites (N-methyl/N-ethyl adjacent to an activating group) is 1. The number of amides is 2. The first-order valence-corrected chi connectivity index (χ1v) is 8.19. The summed E-state index contributed by atoms with van der Waals surface area (Å²) in [5, 5.41) is 6.04. The molecule has 18 heavy (non-hydrogen) atoms. The van der Waals surface area contributed by atoms with Gasteiger partial charge in [0.05, 0.1) is 0 Å². The van der Waals surface area contributed by atoms with Crippen LogP contribution < -0.4 is 10.6 Å². The van der Waals surface area contributed by atoms with Gasteiger partial charge in [-0.3, -0.25) is 4.90 Å². The van der Waals surface area contributed by atoms with Gasteiger partial charge in [0.25, 0.3) is 0 Å². The smallest absolute Gasteiger partial charge is 0.315 e. The molecule has 0 radical (unpaired) electrons. The molecule has 1 fully saturated rings. The van der Waals surface area contributed by atoms with Crippen LogP contribution in [0.15, 0.2) is 0 Å². The van der Waals surface area contributed by atoms with Gasteiger partial charge in [0.1, 0.15) is 0 Å². The minimum Gasteiger partial charge on any atom is -0.337 e. The maximum absolute atomic E-state index is 11.8. The first-order chi connectivity index (χ1) is 8.67. The van der Waals surface area contributed by atoms with Crippen molar-refractivity contribution in [3.8, 4) is 0 Å². The lowest BCUT2D eigenvalue weighted by Gasteiger charge is -2.27. The molecule has 1 heterocycles. The molecule has 0 aromatic carbocycles. The van der Waals surface area contributed by atoms with E-state index in [-0.39, 0.29) is 6.03 Å². The highest BCUT2D eigenvalue weighted by molar-refractivity contribution is 7.99. The van der Waals surface area contributed by atoms with Crippen LogP contribution in [-0.2, 0) is 0 Å². The molecule has 0 aliphatic carbocycles. The van der Waals surface area contributed by atoms with E-state index in [1.165, 1.54) is 12.2 Å². The molecule has 1 rings (SSSR count). The van der Waals surface area contributed by atoms with Crippen LogP contribution in [0.4, 0.5) is 4.79 Å². The molecule has 1 aliphatic heterocycles. The Morgan fingerprint density at radius 2 is 2.17 bits per heavy atom. The van der Waals surface area contributed by atoms with Crippen molar-refractivity contribution in [2.45, 2.75) is 45.7 Å². The summed E-state index contributed by atoms with van der Waals surface area (Å²) in [6.45, 7) is 9.23. The second-order valence-electron chi connectivity index (χ2n) is 4.84. The minimum atomic E-state index is -0.0125. The van der Waals surface area contributed by atoms with E-state index in [9.17, 15) is 4.79 Å². The molecule has 4 nitrogen and oxygen atoms in total. The number of urea groups is 1. The Kier molecular flexibility index (Phi) is 7.51. The monoisotopic (exact) mass is 273 g/mol. The fraction of sp³-hybridized carbons (Fsp3) is 0.923. The minimum absolute atomic E-state index is 0.0125.